The summed E-state index contributed by atoms with van der Waals surface area (Å²) in [6.45, 7) is 5.17. The molecule has 3 N–H and O–H groups in total. The van der Waals surface area contributed by atoms with E-state index in [0.717, 1.165) is 32.1 Å². The summed E-state index contributed by atoms with van der Waals surface area (Å²) >= 11 is 0. The van der Waals surface area contributed by atoms with Gasteiger partial charge in [0.1, 0.15) is 5.54 Å². The molecule has 1 saturated carbocycles. The van der Waals surface area contributed by atoms with E-state index in [1.54, 1.807) is 0 Å². The van der Waals surface area contributed by atoms with Crippen molar-refractivity contribution in [3.63, 3.8) is 0 Å². The summed E-state index contributed by atoms with van der Waals surface area (Å²) in [6.07, 6.45) is 4.60. The SMILES string of the molecule is CC(C)CCN1C(=O)NC2(CCCCC2CN)C1=O. The Balaban J connectivity index is 2.15. The molecule has 0 aromatic carbocycles. The van der Waals surface area contributed by atoms with Crippen molar-refractivity contribution in [2.75, 3.05) is 13.1 Å². The van der Waals surface area contributed by atoms with Crippen LogP contribution < -0.4 is 11.1 Å². The molecular formula is C14H25N3O2. The van der Waals surface area contributed by atoms with Crippen LogP contribution in [0.3, 0.4) is 0 Å². The molecule has 1 saturated heterocycles. The van der Waals surface area contributed by atoms with E-state index in [0.29, 0.717) is 19.0 Å². The lowest BCUT2D eigenvalue weighted by Crippen LogP contribution is -2.57. The molecule has 0 aromatic heterocycles. The van der Waals surface area contributed by atoms with Crippen LogP contribution in [-0.4, -0.2) is 35.5 Å². The molecule has 3 amide bonds. The average Bonchev–Trinajstić information content (AvgIpc) is 2.60. The maximum Gasteiger partial charge on any atom is 0.325 e. The van der Waals surface area contributed by atoms with Crippen molar-refractivity contribution < 1.29 is 9.59 Å². The summed E-state index contributed by atoms with van der Waals surface area (Å²) in [5.74, 6) is 0.517. The van der Waals surface area contributed by atoms with Gasteiger partial charge in [-0.15, -0.1) is 0 Å². The van der Waals surface area contributed by atoms with Crippen LogP contribution in [0.25, 0.3) is 0 Å². The highest BCUT2D eigenvalue weighted by atomic mass is 16.2. The van der Waals surface area contributed by atoms with Gasteiger partial charge in [0.15, 0.2) is 0 Å². The number of amides is 3. The summed E-state index contributed by atoms with van der Waals surface area (Å²) in [6, 6.07) is -0.231. The Hall–Kier alpha value is -1.10. The van der Waals surface area contributed by atoms with Crippen molar-refractivity contribution in [1.29, 1.82) is 0 Å². The van der Waals surface area contributed by atoms with Crippen molar-refractivity contribution in [1.82, 2.24) is 10.2 Å². The first kappa shape index (κ1) is 14.3. The predicted molar refractivity (Wildman–Crippen MR) is 73.4 cm³/mol. The van der Waals surface area contributed by atoms with E-state index in [4.69, 9.17) is 5.73 Å². The van der Waals surface area contributed by atoms with E-state index in [1.165, 1.54) is 4.90 Å². The van der Waals surface area contributed by atoms with Gasteiger partial charge in [-0.3, -0.25) is 9.69 Å². The van der Waals surface area contributed by atoms with Crippen LogP contribution in [0.15, 0.2) is 0 Å². The van der Waals surface area contributed by atoms with Crippen molar-refractivity contribution >= 4 is 11.9 Å². The first-order valence-electron chi connectivity index (χ1n) is 7.35. The van der Waals surface area contributed by atoms with Gasteiger partial charge in [-0.05, 0) is 31.7 Å². The number of rotatable bonds is 4. The fraction of sp³-hybridized carbons (Fsp3) is 0.857. The van der Waals surface area contributed by atoms with Gasteiger partial charge in [0.2, 0.25) is 0 Å². The lowest BCUT2D eigenvalue weighted by Gasteiger charge is -2.38. The van der Waals surface area contributed by atoms with E-state index >= 15 is 0 Å². The fourth-order valence-corrected chi connectivity index (χ4v) is 3.25. The van der Waals surface area contributed by atoms with Gasteiger partial charge >= 0.3 is 6.03 Å². The van der Waals surface area contributed by atoms with E-state index in [9.17, 15) is 9.59 Å². The van der Waals surface area contributed by atoms with Crippen LogP contribution >= 0.6 is 0 Å². The van der Waals surface area contributed by atoms with Gasteiger partial charge < -0.3 is 11.1 Å². The van der Waals surface area contributed by atoms with Gasteiger partial charge in [-0.25, -0.2) is 4.79 Å². The molecule has 2 rings (SSSR count). The van der Waals surface area contributed by atoms with Gasteiger partial charge in [-0.2, -0.15) is 0 Å². The molecule has 0 aromatic rings. The van der Waals surface area contributed by atoms with Crippen LogP contribution in [-0.2, 0) is 4.79 Å². The number of nitrogens with two attached hydrogens (primary N) is 1. The molecule has 0 bridgehead atoms. The summed E-state index contributed by atoms with van der Waals surface area (Å²) in [4.78, 5) is 26.1. The second kappa shape index (κ2) is 5.49. The number of nitrogens with zero attached hydrogens (tertiary/aromatic N) is 1. The number of urea groups is 1. The topological polar surface area (TPSA) is 75.4 Å². The molecule has 1 heterocycles. The Bertz CT molecular complexity index is 370. The van der Waals surface area contributed by atoms with Crippen LogP contribution in [0.1, 0.15) is 46.0 Å². The third-order valence-electron chi connectivity index (χ3n) is 4.49. The first-order valence-corrected chi connectivity index (χ1v) is 7.35. The highest BCUT2D eigenvalue weighted by molar-refractivity contribution is 6.07. The molecule has 1 spiro atoms. The second-order valence-corrected chi connectivity index (χ2v) is 6.22. The molecule has 2 aliphatic rings. The monoisotopic (exact) mass is 267 g/mol. The molecule has 2 unspecified atom stereocenters. The van der Waals surface area contributed by atoms with Crippen molar-refractivity contribution in [2.45, 2.75) is 51.5 Å². The van der Waals surface area contributed by atoms with Crippen LogP contribution in [0.2, 0.25) is 0 Å². The van der Waals surface area contributed by atoms with E-state index in [2.05, 4.69) is 19.2 Å². The van der Waals surface area contributed by atoms with Crippen molar-refractivity contribution in [2.24, 2.45) is 17.6 Å². The molecule has 108 valence electrons. The minimum Gasteiger partial charge on any atom is -0.330 e. The standard InChI is InChI=1S/C14H25N3O2/c1-10(2)6-8-17-12(18)14(16-13(17)19)7-4-3-5-11(14)9-15/h10-11H,3-9,15H2,1-2H3,(H,16,19). The number of carbonyl (C=O) groups is 2. The minimum atomic E-state index is -0.707. The molecule has 1 aliphatic heterocycles. The normalized spacial score (nSPS) is 31.4. The lowest BCUT2D eigenvalue weighted by atomic mass is 9.72. The Kier molecular flexibility index (Phi) is 4.13. The van der Waals surface area contributed by atoms with Crippen LogP contribution in [0, 0.1) is 11.8 Å². The number of hydrogen-bond donors (Lipinski definition) is 2. The van der Waals surface area contributed by atoms with E-state index < -0.39 is 5.54 Å². The zero-order valence-electron chi connectivity index (χ0n) is 11.9. The smallest absolute Gasteiger partial charge is 0.325 e. The van der Waals surface area contributed by atoms with Crippen molar-refractivity contribution in [3.05, 3.63) is 0 Å². The molecule has 2 fully saturated rings. The highest BCUT2D eigenvalue weighted by Crippen LogP contribution is 2.38. The third kappa shape index (κ3) is 2.48. The zero-order valence-corrected chi connectivity index (χ0v) is 11.9. The molecular weight excluding hydrogens is 242 g/mol. The summed E-state index contributed by atoms with van der Waals surface area (Å²) < 4.78 is 0. The van der Waals surface area contributed by atoms with E-state index in [1.807, 2.05) is 0 Å². The van der Waals surface area contributed by atoms with Crippen LogP contribution in [0.4, 0.5) is 4.79 Å². The summed E-state index contributed by atoms with van der Waals surface area (Å²) in [7, 11) is 0. The number of hydrogen-bond acceptors (Lipinski definition) is 3. The second-order valence-electron chi connectivity index (χ2n) is 6.22. The molecule has 5 nitrogen and oxygen atoms in total. The quantitative estimate of drug-likeness (QED) is 0.757. The Labute approximate surface area is 114 Å². The molecule has 1 aliphatic carbocycles. The average molecular weight is 267 g/mol. The largest absolute Gasteiger partial charge is 0.330 e. The Morgan fingerprint density at radius 3 is 2.79 bits per heavy atom. The van der Waals surface area contributed by atoms with Gasteiger partial charge in [0, 0.05) is 12.5 Å². The maximum absolute atomic E-state index is 12.7. The lowest BCUT2D eigenvalue weighted by molar-refractivity contribution is -0.134. The van der Waals surface area contributed by atoms with Gasteiger partial charge in [0.25, 0.3) is 5.91 Å². The molecule has 0 radical (unpaired) electrons. The minimum absolute atomic E-state index is 0.0479. The fourth-order valence-electron chi connectivity index (χ4n) is 3.25. The van der Waals surface area contributed by atoms with Gasteiger partial charge in [-0.1, -0.05) is 26.7 Å². The zero-order chi connectivity index (χ0) is 14.0. The molecule has 2 atom stereocenters. The van der Waals surface area contributed by atoms with Gasteiger partial charge in [0.05, 0.1) is 0 Å². The Morgan fingerprint density at radius 2 is 2.16 bits per heavy atom. The van der Waals surface area contributed by atoms with E-state index in [-0.39, 0.29) is 17.9 Å². The highest BCUT2D eigenvalue weighted by Gasteiger charge is 2.55. The predicted octanol–water partition coefficient (Wildman–Crippen LogP) is 1.47. The number of imide groups is 1. The number of carbonyl (C=O) groups excluding carboxylic acids is 2. The third-order valence-corrected chi connectivity index (χ3v) is 4.49. The molecule has 19 heavy (non-hydrogen) atoms. The summed E-state index contributed by atoms with van der Waals surface area (Å²) in [5.41, 5.74) is 5.10. The maximum atomic E-state index is 12.7. The molecule has 5 heteroatoms. The number of nitrogens with one attached hydrogen (secondary N) is 1. The van der Waals surface area contributed by atoms with Crippen LogP contribution in [0.5, 0.6) is 0 Å². The van der Waals surface area contributed by atoms with Crippen molar-refractivity contribution in [3.8, 4) is 0 Å². The first-order chi connectivity index (χ1) is 9.01. The summed E-state index contributed by atoms with van der Waals surface area (Å²) in [5, 5.41) is 2.95. The Morgan fingerprint density at radius 1 is 1.42 bits per heavy atom.